The van der Waals surface area contributed by atoms with Gasteiger partial charge in [0.1, 0.15) is 24.4 Å². The van der Waals surface area contributed by atoms with Gasteiger partial charge in [-0.3, -0.25) is 4.79 Å². The van der Waals surface area contributed by atoms with Crippen LogP contribution in [0.4, 0.5) is 0 Å². The summed E-state index contributed by atoms with van der Waals surface area (Å²) in [6.45, 7) is 12.5. The Morgan fingerprint density at radius 3 is 2.46 bits per heavy atom. The number of hydrogen-bond donors (Lipinski definition) is 6. The summed E-state index contributed by atoms with van der Waals surface area (Å²) in [7, 11) is 0. The molecule has 1 aliphatic heterocycles. The van der Waals surface area contributed by atoms with Crippen LogP contribution in [0.2, 0.25) is 0 Å². The zero-order chi connectivity index (χ0) is 35.2. The highest BCUT2D eigenvalue weighted by atomic mass is 16.7. The van der Waals surface area contributed by atoms with Crippen LogP contribution in [0.5, 0.6) is 0 Å². The second-order valence-electron chi connectivity index (χ2n) is 17.2. The van der Waals surface area contributed by atoms with Crippen LogP contribution in [-0.4, -0.2) is 86.4 Å². The highest BCUT2D eigenvalue weighted by molar-refractivity contribution is 5.78. The van der Waals surface area contributed by atoms with Gasteiger partial charge in [0.2, 0.25) is 5.91 Å². The van der Waals surface area contributed by atoms with Crippen molar-refractivity contribution >= 4 is 11.9 Å². The predicted molar refractivity (Wildman–Crippen MR) is 180 cm³/mol. The quantitative estimate of drug-likeness (QED) is 0.140. The van der Waals surface area contributed by atoms with E-state index in [0.29, 0.717) is 30.1 Å². The summed E-state index contributed by atoms with van der Waals surface area (Å²) in [6.07, 6.45) is 7.09. The summed E-state index contributed by atoms with van der Waals surface area (Å²) < 4.78 is 11.5. The molecule has 1 heterocycles. The number of hydrogen-bond acceptors (Lipinski definition) is 9. The lowest BCUT2D eigenvalue weighted by Crippen LogP contribution is -2.67. The molecule has 10 nitrogen and oxygen atoms in total. The minimum Gasteiger partial charge on any atom is -0.458 e. The van der Waals surface area contributed by atoms with Gasteiger partial charge in [-0.2, -0.15) is 0 Å². The molecule has 48 heavy (non-hydrogen) atoms. The van der Waals surface area contributed by atoms with Crippen molar-refractivity contribution in [1.82, 2.24) is 5.32 Å². The van der Waals surface area contributed by atoms with Crippen molar-refractivity contribution < 1.29 is 44.6 Å². The van der Waals surface area contributed by atoms with Gasteiger partial charge < -0.3 is 40.3 Å². The van der Waals surface area contributed by atoms with E-state index < -0.39 is 67.3 Å². The van der Waals surface area contributed by atoms with E-state index in [1.165, 1.54) is 57.4 Å². The van der Waals surface area contributed by atoms with Crippen molar-refractivity contribution in [2.45, 2.75) is 161 Å². The first-order valence-corrected chi connectivity index (χ1v) is 18.8. The SMILES string of the molecule is CC(=O)N[C@H]1[C@H]([C@H](O)[C@H](O)CO)O[C@](O)(C(=O)O[C@H]2CC[C@@]3(C)C(=CC[C@H]4[C@@H]5CC[C@H]([C@H](C)CCCC(C)C)[C@@]5(C)CC[C@@H]43)C2)C[C@@H]1O. The average molecular weight is 678 g/mol. The van der Waals surface area contributed by atoms with Gasteiger partial charge in [-0.1, -0.05) is 65.5 Å². The highest BCUT2D eigenvalue weighted by Gasteiger charge is 2.60. The molecule has 4 fully saturated rings. The van der Waals surface area contributed by atoms with Crippen molar-refractivity contribution in [3.63, 3.8) is 0 Å². The lowest BCUT2D eigenvalue weighted by atomic mass is 9.47. The van der Waals surface area contributed by atoms with Crippen LogP contribution in [0.25, 0.3) is 0 Å². The number of fused-ring (bicyclic) bond motifs is 5. The number of aliphatic hydroxyl groups excluding tert-OH is 4. The Morgan fingerprint density at radius 1 is 1.06 bits per heavy atom. The summed E-state index contributed by atoms with van der Waals surface area (Å²) in [5.41, 5.74) is 1.78. The van der Waals surface area contributed by atoms with Gasteiger partial charge in [-0.05, 0) is 91.3 Å². The fourth-order valence-electron chi connectivity index (χ4n) is 11.1. The average Bonchev–Trinajstić information content (AvgIpc) is 3.38. The largest absolute Gasteiger partial charge is 0.458 e. The molecule has 14 atom stereocenters. The second-order valence-corrected chi connectivity index (χ2v) is 17.2. The summed E-state index contributed by atoms with van der Waals surface area (Å²) in [6, 6.07) is -1.23. The number of aliphatic hydroxyl groups is 5. The number of amides is 1. The van der Waals surface area contributed by atoms with E-state index in [-0.39, 0.29) is 5.41 Å². The summed E-state index contributed by atoms with van der Waals surface area (Å²) >= 11 is 0. The fraction of sp³-hybridized carbons (Fsp3) is 0.895. The third-order valence-electron chi connectivity index (χ3n) is 13.7. The maximum atomic E-state index is 13.5. The Kier molecular flexibility index (Phi) is 11.5. The van der Waals surface area contributed by atoms with Crippen LogP contribution in [0.3, 0.4) is 0 Å². The Labute approximate surface area is 287 Å². The van der Waals surface area contributed by atoms with Crippen LogP contribution in [0, 0.1) is 46.3 Å². The van der Waals surface area contributed by atoms with E-state index in [0.717, 1.165) is 36.5 Å². The molecule has 1 saturated heterocycles. The first kappa shape index (κ1) is 37.7. The highest BCUT2D eigenvalue weighted by Crippen LogP contribution is 2.67. The maximum Gasteiger partial charge on any atom is 0.367 e. The summed E-state index contributed by atoms with van der Waals surface area (Å²) in [5, 5.41) is 54.7. The molecule has 4 aliphatic carbocycles. The van der Waals surface area contributed by atoms with Crippen molar-refractivity contribution in [2.24, 2.45) is 46.3 Å². The minimum atomic E-state index is -2.61. The molecule has 5 rings (SSSR count). The molecule has 0 spiro atoms. The van der Waals surface area contributed by atoms with Gasteiger partial charge in [-0.25, -0.2) is 4.79 Å². The molecule has 0 bridgehead atoms. The molecule has 3 saturated carbocycles. The van der Waals surface area contributed by atoms with Gasteiger partial charge in [0.05, 0.1) is 18.8 Å². The third kappa shape index (κ3) is 7.13. The lowest BCUT2D eigenvalue weighted by molar-refractivity contribution is -0.299. The first-order chi connectivity index (χ1) is 22.5. The molecular weight excluding hydrogens is 614 g/mol. The van der Waals surface area contributed by atoms with Gasteiger partial charge >= 0.3 is 5.97 Å². The zero-order valence-electron chi connectivity index (χ0n) is 30.1. The molecule has 0 aromatic heterocycles. The molecule has 0 unspecified atom stereocenters. The molecule has 274 valence electrons. The van der Waals surface area contributed by atoms with E-state index in [4.69, 9.17) is 9.47 Å². The molecule has 6 N–H and O–H groups in total. The lowest BCUT2D eigenvalue weighted by Gasteiger charge is -2.58. The molecule has 0 aromatic carbocycles. The van der Waals surface area contributed by atoms with Crippen LogP contribution in [-0.2, 0) is 19.1 Å². The minimum absolute atomic E-state index is 0.0454. The van der Waals surface area contributed by atoms with E-state index >= 15 is 0 Å². The van der Waals surface area contributed by atoms with E-state index in [9.17, 15) is 35.1 Å². The molecule has 0 radical (unpaired) electrons. The number of rotatable bonds is 11. The van der Waals surface area contributed by atoms with Crippen molar-refractivity contribution in [1.29, 1.82) is 0 Å². The van der Waals surface area contributed by atoms with E-state index in [1.807, 2.05) is 0 Å². The monoisotopic (exact) mass is 677 g/mol. The first-order valence-electron chi connectivity index (χ1n) is 18.8. The Bertz CT molecular complexity index is 1190. The zero-order valence-corrected chi connectivity index (χ0v) is 30.1. The summed E-state index contributed by atoms with van der Waals surface area (Å²) in [4.78, 5) is 25.3. The van der Waals surface area contributed by atoms with Crippen molar-refractivity contribution in [2.75, 3.05) is 6.61 Å². The van der Waals surface area contributed by atoms with Crippen LogP contribution in [0.15, 0.2) is 11.6 Å². The number of nitrogens with one attached hydrogen (secondary N) is 1. The molecule has 0 aromatic rings. The Morgan fingerprint density at radius 2 is 1.79 bits per heavy atom. The molecular formula is C38H63NO9. The Hall–Kier alpha value is -1.56. The van der Waals surface area contributed by atoms with Gasteiger partial charge in [0.15, 0.2) is 0 Å². The van der Waals surface area contributed by atoms with Gasteiger partial charge in [0.25, 0.3) is 5.79 Å². The predicted octanol–water partition coefficient (Wildman–Crippen LogP) is 4.00. The van der Waals surface area contributed by atoms with Crippen LogP contribution in [0.1, 0.15) is 119 Å². The molecule has 10 heteroatoms. The van der Waals surface area contributed by atoms with Crippen molar-refractivity contribution in [3.05, 3.63) is 11.6 Å². The number of allylic oxidation sites excluding steroid dienone is 1. The third-order valence-corrected chi connectivity index (χ3v) is 13.7. The number of carbonyl (C=O) groups is 2. The number of esters is 1. The number of ether oxygens (including phenoxy) is 2. The van der Waals surface area contributed by atoms with Crippen molar-refractivity contribution in [3.8, 4) is 0 Å². The normalized spacial score (nSPS) is 42.9. The van der Waals surface area contributed by atoms with Gasteiger partial charge in [0, 0.05) is 19.8 Å². The van der Waals surface area contributed by atoms with Crippen LogP contribution >= 0.6 is 0 Å². The van der Waals surface area contributed by atoms with E-state index in [2.05, 4.69) is 46.0 Å². The van der Waals surface area contributed by atoms with Crippen LogP contribution < -0.4 is 5.32 Å². The fourth-order valence-corrected chi connectivity index (χ4v) is 11.1. The van der Waals surface area contributed by atoms with E-state index in [1.54, 1.807) is 0 Å². The Balaban J connectivity index is 1.24. The standard InChI is InChI=1S/C38H63NO9/c1-21(2)8-7-9-22(3)27-12-13-28-26-11-10-24-18-25(14-16-36(24,5)29(26)15-17-37(27,28)6)47-35(45)38(46)19-30(42)32(39-23(4)41)34(48-38)33(44)31(43)20-40/h10,21-22,25-34,40,42-44,46H,7-9,11-20H2,1-6H3,(H,39,41)/t22-,25+,26+,27-,28+,29+,30+,31-,32-,33-,34-,36+,37-,38+/m1/s1. The second kappa shape index (κ2) is 14.6. The molecule has 1 amide bonds. The number of carbonyl (C=O) groups excluding carboxylic acids is 2. The van der Waals surface area contributed by atoms with Gasteiger partial charge in [-0.15, -0.1) is 0 Å². The topological polar surface area (TPSA) is 166 Å². The summed E-state index contributed by atoms with van der Waals surface area (Å²) in [5.74, 6) is 0.142. The smallest absolute Gasteiger partial charge is 0.367 e. The molecule has 5 aliphatic rings. The maximum absolute atomic E-state index is 13.5.